The molecule has 0 unspecified atom stereocenters. The highest BCUT2D eigenvalue weighted by Crippen LogP contribution is 2.43. The third-order valence-electron chi connectivity index (χ3n) is 5.07. The number of furan rings is 1. The van der Waals surface area contributed by atoms with Crippen LogP contribution in [0.1, 0.15) is 0 Å². The molecule has 0 saturated heterocycles. The second-order valence-corrected chi connectivity index (χ2v) is 7.08. The molecule has 1 aromatic heterocycles. The van der Waals surface area contributed by atoms with Gasteiger partial charge in [-0.15, -0.1) is 0 Å². The van der Waals surface area contributed by atoms with Gasteiger partial charge in [0.1, 0.15) is 16.9 Å². The van der Waals surface area contributed by atoms with E-state index >= 15 is 0 Å². The molecule has 0 radical (unpaired) electrons. The normalized spacial score (nSPS) is 11.2. The maximum absolute atomic E-state index is 6.56. The molecule has 136 valence electrons. The van der Waals surface area contributed by atoms with Crippen LogP contribution in [-0.2, 0) is 0 Å². The number of rotatable bonds is 3. The van der Waals surface area contributed by atoms with E-state index in [4.69, 9.17) is 20.8 Å². The molecule has 28 heavy (non-hydrogen) atoms. The first-order valence-corrected chi connectivity index (χ1v) is 9.47. The summed E-state index contributed by atoms with van der Waals surface area (Å²) >= 11 is 6.56. The molecular weight excluding hydrogens is 368 g/mol. The van der Waals surface area contributed by atoms with Crippen molar-refractivity contribution in [3.05, 3.63) is 90.0 Å². The average molecular weight is 385 g/mol. The molecule has 0 aliphatic heterocycles. The van der Waals surface area contributed by atoms with Crippen LogP contribution in [0.4, 0.5) is 0 Å². The van der Waals surface area contributed by atoms with Gasteiger partial charge in [0.25, 0.3) is 0 Å². The molecule has 2 nitrogen and oxygen atoms in total. The van der Waals surface area contributed by atoms with E-state index in [0.29, 0.717) is 5.02 Å². The Kier molecular flexibility index (Phi) is 4.07. The molecule has 0 N–H and O–H groups in total. The first-order valence-electron chi connectivity index (χ1n) is 9.10. The third kappa shape index (κ3) is 2.65. The zero-order valence-electron chi connectivity index (χ0n) is 15.3. The van der Waals surface area contributed by atoms with Crippen molar-refractivity contribution in [2.75, 3.05) is 7.11 Å². The van der Waals surface area contributed by atoms with Crippen LogP contribution in [0.25, 0.3) is 44.2 Å². The summed E-state index contributed by atoms with van der Waals surface area (Å²) in [5.41, 5.74) is 6.06. The van der Waals surface area contributed by atoms with E-state index in [1.165, 1.54) is 0 Å². The van der Waals surface area contributed by atoms with Crippen molar-refractivity contribution in [2.24, 2.45) is 0 Å². The molecule has 0 spiro atoms. The van der Waals surface area contributed by atoms with Crippen LogP contribution < -0.4 is 4.74 Å². The number of fused-ring (bicyclic) bond motifs is 3. The summed E-state index contributed by atoms with van der Waals surface area (Å²) in [5.74, 6) is 0.824. The van der Waals surface area contributed by atoms with Crippen LogP contribution in [0.5, 0.6) is 5.75 Å². The van der Waals surface area contributed by atoms with Gasteiger partial charge in [-0.1, -0.05) is 66.2 Å². The summed E-state index contributed by atoms with van der Waals surface area (Å²) < 4.78 is 11.6. The predicted octanol–water partition coefficient (Wildman–Crippen LogP) is 7.58. The molecule has 5 rings (SSSR count). The predicted molar refractivity (Wildman–Crippen MR) is 116 cm³/mol. The van der Waals surface area contributed by atoms with E-state index in [1.54, 1.807) is 7.11 Å². The lowest BCUT2D eigenvalue weighted by Crippen LogP contribution is -1.89. The fourth-order valence-corrected chi connectivity index (χ4v) is 4.05. The molecule has 0 fully saturated rings. The zero-order valence-corrected chi connectivity index (χ0v) is 16.0. The Morgan fingerprint density at radius 1 is 0.679 bits per heavy atom. The SMILES string of the molecule is COc1ccc(-c2cccc3oc4cccc(Cl)c4c23)c(-c2ccccc2)c1. The lowest BCUT2D eigenvalue weighted by molar-refractivity contribution is 0.415. The number of methoxy groups -OCH3 is 1. The number of ether oxygens (including phenoxy) is 1. The highest BCUT2D eigenvalue weighted by atomic mass is 35.5. The summed E-state index contributed by atoms with van der Waals surface area (Å²) in [6, 6.07) is 28.4. The topological polar surface area (TPSA) is 22.4 Å². The smallest absolute Gasteiger partial charge is 0.136 e. The average Bonchev–Trinajstić information content (AvgIpc) is 3.14. The van der Waals surface area contributed by atoms with E-state index in [-0.39, 0.29) is 0 Å². The van der Waals surface area contributed by atoms with E-state index in [9.17, 15) is 0 Å². The van der Waals surface area contributed by atoms with Crippen molar-refractivity contribution in [2.45, 2.75) is 0 Å². The van der Waals surface area contributed by atoms with Gasteiger partial charge in [0.15, 0.2) is 0 Å². The summed E-state index contributed by atoms with van der Waals surface area (Å²) in [7, 11) is 1.69. The minimum Gasteiger partial charge on any atom is -0.497 e. The molecular formula is C25H17ClO2. The van der Waals surface area contributed by atoms with Gasteiger partial charge in [0.05, 0.1) is 12.1 Å². The highest BCUT2D eigenvalue weighted by molar-refractivity contribution is 6.38. The van der Waals surface area contributed by atoms with Crippen molar-refractivity contribution in [1.82, 2.24) is 0 Å². The molecule has 3 heteroatoms. The van der Waals surface area contributed by atoms with Gasteiger partial charge in [0.2, 0.25) is 0 Å². The van der Waals surface area contributed by atoms with E-state index in [0.717, 1.165) is 49.9 Å². The lowest BCUT2D eigenvalue weighted by atomic mass is 9.91. The molecule has 0 amide bonds. The first kappa shape index (κ1) is 16.9. The number of benzene rings is 4. The van der Waals surface area contributed by atoms with Crippen LogP contribution in [0.3, 0.4) is 0 Å². The maximum atomic E-state index is 6.56. The summed E-state index contributed by atoms with van der Waals surface area (Å²) in [5, 5.41) is 2.67. The van der Waals surface area contributed by atoms with Crippen LogP contribution in [0, 0.1) is 0 Å². The minimum absolute atomic E-state index is 0.693. The monoisotopic (exact) mass is 384 g/mol. The van der Waals surface area contributed by atoms with Gasteiger partial charge in [0, 0.05) is 10.8 Å². The van der Waals surface area contributed by atoms with Crippen LogP contribution >= 0.6 is 11.6 Å². The van der Waals surface area contributed by atoms with Gasteiger partial charge >= 0.3 is 0 Å². The van der Waals surface area contributed by atoms with Crippen molar-refractivity contribution in [1.29, 1.82) is 0 Å². The Morgan fingerprint density at radius 3 is 2.21 bits per heavy atom. The molecule has 0 aliphatic rings. The van der Waals surface area contributed by atoms with E-state index in [2.05, 4.69) is 30.3 Å². The number of hydrogen-bond acceptors (Lipinski definition) is 2. The maximum Gasteiger partial charge on any atom is 0.136 e. The minimum atomic E-state index is 0.693. The molecule has 0 saturated carbocycles. The Morgan fingerprint density at radius 2 is 1.43 bits per heavy atom. The third-order valence-corrected chi connectivity index (χ3v) is 5.39. The Labute approximate surface area is 167 Å². The second-order valence-electron chi connectivity index (χ2n) is 6.67. The van der Waals surface area contributed by atoms with Crippen LogP contribution in [0.2, 0.25) is 5.02 Å². The summed E-state index contributed by atoms with van der Waals surface area (Å²) in [6.45, 7) is 0. The van der Waals surface area contributed by atoms with Gasteiger partial charge in [-0.05, 0) is 52.6 Å². The van der Waals surface area contributed by atoms with E-state index in [1.807, 2.05) is 54.6 Å². The van der Waals surface area contributed by atoms with Crippen LogP contribution in [-0.4, -0.2) is 7.11 Å². The summed E-state index contributed by atoms with van der Waals surface area (Å²) in [6.07, 6.45) is 0. The number of hydrogen-bond donors (Lipinski definition) is 0. The second kappa shape index (κ2) is 6.74. The summed E-state index contributed by atoms with van der Waals surface area (Å²) in [4.78, 5) is 0. The van der Waals surface area contributed by atoms with Crippen molar-refractivity contribution in [3.63, 3.8) is 0 Å². The van der Waals surface area contributed by atoms with Gasteiger partial charge < -0.3 is 9.15 Å². The molecule has 0 atom stereocenters. The standard InChI is InChI=1S/C25H17ClO2/c1-27-17-13-14-18(20(15-17)16-7-3-2-4-8-16)19-9-5-11-22-24(19)25-21(26)10-6-12-23(25)28-22/h2-15H,1H3. The Balaban J connectivity index is 1.88. The van der Waals surface area contributed by atoms with Crippen LogP contribution in [0.15, 0.2) is 89.3 Å². The quantitative estimate of drug-likeness (QED) is 0.320. The number of halogens is 1. The molecule has 0 aliphatic carbocycles. The van der Waals surface area contributed by atoms with Gasteiger partial charge in [-0.3, -0.25) is 0 Å². The van der Waals surface area contributed by atoms with Gasteiger partial charge in [-0.2, -0.15) is 0 Å². The fourth-order valence-electron chi connectivity index (χ4n) is 3.79. The van der Waals surface area contributed by atoms with Crippen molar-refractivity contribution < 1.29 is 9.15 Å². The lowest BCUT2D eigenvalue weighted by Gasteiger charge is -2.13. The van der Waals surface area contributed by atoms with Crippen molar-refractivity contribution in [3.8, 4) is 28.0 Å². The van der Waals surface area contributed by atoms with E-state index < -0.39 is 0 Å². The molecule has 1 heterocycles. The fraction of sp³-hybridized carbons (Fsp3) is 0.0400. The molecule has 4 aromatic carbocycles. The largest absolute Gasteiger partial charge is 0.497 e. The highest BCUT2D eigenvalue weighted by Gasteiger charge is 2.17. The molecule has 0 bridgehead atoms. The zero-order chi connectivity index (χ0) is 19.1. The van der Waals surface area contributed by atoms with Gasteiger partial charge in [-0.25, -0.2) is 0 Å². The Bertz CT molecular complexity index is 1300. The first-order chi connectivity index (χ1) is 13.8. The Hall–Kier alpha value is -3.23. The molecule has 5 aromatic rings. The van der Waals surface area contributed by atoms with Crippen molar-refractivity contribution >= 4 is 33.5 Å².